The van der Waals surface area contributed by atoms with Crippen molar-refractivity contribution in [1.82, 2.24) is 15.0 Å². The van der Waals surface area contributed by atoms with E-state index in [1.807, 2.05) is 12.1 Å². The SMILES string of the molecule is COc1cncc(-c2cccnc2)n1. The summed E-state index contributed by atoms with van der Waals surface area (Å²) in [5.74, 6) is 0.506. The molecule has 2 heterocycles. The van der Waals surface area contributed by atoms with Gasteiger partial charge in [0.2, 0.25) is 5.88 Å². The lowest BCUT2D eigenvalue weighted by molar-refractivity contribution is 0.396. The fourth-order valence-electron chi connectivity index (χ4n) is 1.10. The topological polar surface area (TPSA) is 47.9 Å². The highest BCUT2D eigenvalue weighted by Crippen LogP contribution is 2.16. The van der Waals surface area contributed by atoms with Crippen LogP contribution in [-0.4, -0.2) is 22.1 Å². The van der Waals surface area contributed by atoms with E-state index in [1.165, 1.54) is 0 Å². The maximum absolute atomic E-state index is 4.98. The lowest BCUT2D eigenvalue weighted by Crippen LogP contribution is -1.91. The number of aromatic nitrogens is 3. The van der Waals surface area contributed by atoms with E-state index in [4.69, 9.17) is 4.74 Å². The van der Waals surface area contributed by atoms with Crippen LogP contribution in [0.25, 0.3) is 11.3 Å². The molecule has 2 aromatic heterocycles. The summed E-state index contributed by atoms with van der Waals surface area (Å²) in [6.45, 7) is 0. The first-order chi connectivity index (χ1) is 6.90. The normalized spacial score (nSPS) is 9.79. The minimum absolute atomic E-state index is 0.506. The van der Waals surface area contributed by atoms with E-state index in [-0.39, 0.29) is 0 Å². The smallest absolute Gasteiger partial charge is 0.232 e. The third-order valence-electron chi connectivity index (χ3n) is 1.78. The molecule has 0 aromatic carbocycles. The molecule has 0 aliphatic heterocycles. The largest absolute Gasteiger partial charge is 0.480 e. The van der Waals surface area contributed by atoms with Crippen molar-refractivity contribution in [3.05, 3.63) is 36.9 Å². The third kappa shape index (κ3) is 1.69. The van der Waals surface area contributed by atoms with Gasteiger partial charge in [0.25, 0.3) is 0 Å². The molecule has 4 heteroatoms. The van der Waals surface area contributed by atoms with Gasteiger partial charge in [-0.1, -0.05) is 0 Å². The van der Waals surface area contributed by atoms with Crippen LogP contribution in [-0.2, 0) is 0 Å². The number of hydrogen-bond acceptors (Lipinski definition) is 4. The van der Waals surface area contributed by atoms with Crippen LogP contribution in [0, 0.1) is 0 Å². The predicted octanol–water partition coefficient (Wildman–Crippen LogP) is 1.55. The Hall–Kier alpha value is -1.97. The number of methoxy groups -OCH3 is 1. The molecule has 2 aromatic rings. The fraction of sp³-hybridized carbons (Fsp3) is 0.100. The molecule has 0 saturated heterocycles. The summed E-state index contributed by atoms with van der Waals surface area (Å²) in [4.78, 5) is 12.3. The molecule has 0 saturated carbocycles. The van der Waals surface area contributed by atoms with Gasteiger partial charge in [-0.05, 0) is 12.1 Å². The van der Waals surface area contributed by atoms with Gasteiger partial charge in [-0.15, -0.1) is 0 Å². The zero-order chi connectivity index (χ0) is 9.80. The minimum Gasteiger partial charge on any atom is -0.480 e. The average molecular weight is 187 g/mol. The molecular formula is C10H9N3O. The summed E-state index contributed by atoms with van der Waals surface area (Å²) < 4.78 is 4.98. The first-order valence-corrected chi connectivity index (χ1v) is 4.16. The zero-order valence-corrected chi connectivity index (χ0v) is 7.71. The second-order valence-electron chi connectivity index (χ2n) is 2.69. The monoisotopic (exact) mass is 187 g/mol. The van der Waals surface area contributed by atoms with Gasteiger partial charge >= 0.3 is 0 Å². The van der Waals surface area contributed by atoms with Gasteiger partial charge in [-0.3, -0.25) is 9.97 Å². The number of pyridine rings is 1. The number of rotatable bonds is 2. The molecule has 0 unspecified atom stereocenters. The van der Waals surface area contributed by atoms with Crippen molar-refractivity contribution in [1.29, 1.82) is 0 Å². The maximum Gasteiger partial charge on any atom is 0.232 e. The van der Waals surface area contributed by atoms with Gasteiger partial charge in [-0.2, -0.15) is 0 Å². The molecule has 14 heavy (non-hydrogen) atoms. The first-order valence-electron chi connectivity index (χ1n) is 4.16. The van der Waals surface area contributed by atoms with Crippen LogP contribution in [0.1, 0.15) is 0 Å². The number of ether oxygens (including phenoxy) is 1. The van der Waals surface area contributed by atoms with E-state index in [9.17, 15) is 0 Å². The molecule has 0 radical (unpaired) electrons. The fourth-order valence-corrected chi connectivity index (χ4v) is 1.10. The van der Waals surface area contributed by atoms with E-state index >= 15 is 0 Å². The Bertz CT molecular complexity index is 417. The quantitative estimate of drug-likeness (QED) is 0.715. The number of hydrogen-bond donors (Lipinski definition) is 0. The van der Waals surface area contributed by atoms with Gasteiger partial charge in [0, 0.05) is 18.0 Å². The molecule has 0 fully saturated rings. The van der Waals surface area contributed by atoms with Crippen LogP contribution in [0.2, 0.25) is 0 Å². The zero-order valence-electron chi connectivity index (χ0n) is 7.71. The van der Waals surface area contributed by atoms with E-state index < -0.39 is 0 Å². The van der Waals surface area contributed by atoms with Gasteiger partial charge < -0.3 is 4.74 Å². The Labute approximate surface area is 81.6 Å². The highest BCUT2D eigenvalue weighted by Gasteiger charge is 2.00. The Morgan fingerprint density at radius 3 is 2.79 bits per heavy atom. The molecule has 2 rings (SSSR count). The maximum atomic E-state index is 4.98. The van der Waals surface area contributed by atoms with Crippen molar-refractivity contribution in [2.45, 2.75) is 0 Å². The summed E-state index contributed by atoms with van der Waals surface area (Å²) in [6, 6.07) is 3.78. The Balaban J connectivity index is 2.42. The second kappa shape index (κ2) is 3.83. The molecule has 0 spiro atoms. The van der Waals surface area contributed by atoms with Crippen LogP contribution in [0.5, 0.6) is 5.88 Å². The van der Waals surface area contributed by atoms with E-state index in [0.717, 1.165) is 11.3 Å². The van der Waals surface area contributed by atoms with Gasteiger partial charge in [0.1, 0.15) is 0 Å². The van der Waals surface area contributed by atoms with Crippen molar-refractivity contribution in [3.63, 3.8) is 0 Å². The van der Waals surface area contributed by atoms with Crippen molar-refractivity contribution >= 4 is 0 Å². The van der Waals surface area contributed by atoms with Crippen LogP contribution in [0.15, 0.2) is 36.9 Å². The van der Waals surface area contributed by atoms with Gasteiger partial charge in [-0.25, -0.2) is 4.98 Å². The van der Waals surface area contributed by atoms with E-state index in [0.29, 0.717) is 5.88 Å². The molecule has 0 aliphatic carbocycles. The molecular weight excluding hydrogens is 178 g/mol. The predicted molar refractivity (Wildman–Crippen MR) is 51.8 cm³/mol. The molecule has 0 amide bonds. The van der Waals surface area contributed by atoms with Gasteiger partial charge in [0.05, 0.1) is 25.2 Å². The van der Waals surface area contributed by atoms with Crippen LogP contribution >= 0.6 is 0 Å². The summed E-state index contributed by atoms with van der Waals surface area (Å²) in [5, 5.41) is 0. The average Bonchev–Trinajstić information content (AvgIpc) is 2.30. The highest BCUT2D eigenvalue weighted by molar-refractivity contribution is 5.56. The minimum atomic E-state index is 0.506. The van der Waals surface area contributed by atoms with Gasteiger partial charge in [0.15, 0.2) is 0 Å². The number of nitrogens with zero attached hydrogens (tertiary/aromatic N) is 3. The summed E-state index contributed by atoms with van der Waals surface area (Å²) in [5.41, 5.74) is 1.69. The molecule has 0 aliphatic rings. The van der Waals surface area contributed by atoms with Crippen molar-refractivity contribution in [2.24, 2.45) is 0 Å². The lowest BCUT2D eigenvalue weighted by atomic mass is 10.2. The molecule has 70 valence electrons. The Kier molecular flexibility index (Phi) is 2.36. The Morgan fingerprint density at radius 1 is 1.14 bits per heavy atom. The molecule has 0 atom stereocenters. The molecule has 0 N–H and O–H groups in total. The third-order valence-corrected chi connectivity index (χ3v) is 1.78. The van der Waals surface area contributed by atoms with Crippen LogP contribution in [0.3, 0.4) is 0 Å². The van der Waals surface area contributed by atoms with E-state index in [2.05, 4.69) is 15.0 Å². The second-order valence-corrected chi connectivity index (χ2v) is 2.69. The Morgan fingerprint density at radius 2 is 2.07 bits per heavy atom. The molecule has 0 bridgehead atoms. The first kappa shape index (κ1) is 8.62. The van der Waals surface area contributed by atoms with Crippen molar-refractivity contribution < 1.29 is 4.74 Å². The highest BCUT2D eigenvalue weighted by atomic mass is 16.5. The summed E-state index contributed by atoms with van der Waals surface area (Å²) in [6.07, 6.45) is 6.71. The van der Waals surface area contributed by atoms with Crippen LogP contribution in [0.4, 0.5) is 0 Å². The summed E-state index contributed by atoms with van der Waals surface area (Å²) in [7, 11) is 1.57. The van der Waals surface area contributed by atoms with Crippen molar-refractivity contribution in [3.8, 4) is 17.1 Å². The van der Waals surface area contributed by atoms with E-state index in [1.54, 1.807) is 31.9 Å². The molecule has 4 nitrogen and oxygen atoms in total. The standard InChI is InChI=1S/C10H9N3O/c1-14-10-7-12-6-9(13-10)8-3-2-4-11-5-8/h2-7H,1H3. The van der Waals surface area contributed by atoms with Crippen LogP contribution < -0.4 is 4.74 Å². The lowest BCUT2D eigenvalue weighted by Gasteiger charge is -2.01. The van der Waals surface area contributed by atoms with Crippen molar-refractivity contribution in [2.75, 3.05) is 7.11 Å². The summed E-state index contributed by atoms with van der Waals surface area (Å²) >= 11 is 0.